The highest BCUT2D eigenvalue weighted by Crippen LogP contribution is 2.31. The number of carbonyl (C=O) groups excluding carboxylic acids is 2. The molecule has 0 spiro atoms. The molecule has 17 heavy (non-hydrogen) atoms. The summed E-state index contributed by atoms with van der Waals surface area (Å²) in [5.74, 6) is -1.02. The number of ether oxygens (including phenoxy) is 1. The third-order valence-electron chi connectivity index (χ3n) is 2.35. The fourth-order valence-corrected chi connectivity index (χ4v) is 2.46. The van der Waals surface area contributed by atoms with E-state index in [9.17, 15) is 9.59 Å². The molecule has 0 bridgehead atoms. The summed E-state index contributed by atoms with van der Waals surface area (Å²) in [5.41, 5.74) is 1.39. The molecule has 1 unspecified atom stereocenters. The quantitative estimate of drug-likeness (QED) is 0.596. The molecule has 86 valence electrons. The maximum Gasteiger partial charge on any atom is 0.327 e. The number of rotatable bonds is 2. The standard InChI is InChI=1S/C11H7NO4S/c13-9-5-8(10(14)16-9)17-11-12-6-3-1-2-4-7(6)15-11/h1-4,8H,5H2. The van der Waals surface area contributed by atoms with Crippen molar-refractivity contribution in [3.05, 3.63) is 24.3 Å². The molecule has 0 N–H and O–H groups in total. The van der Waals surface area contributed by atoms with E-state index in [0.29, 0.717) is 10.8 Å². The number of aromatic nitrogens is 1. The van der Waals surface area contributed by atoms with Crippen molar-refractivity contribution in [1.29, 1.82) is 0 Å². The Labute approximate surface area is 100 Å². The van der Waals surface area contributed by atoms with Crippen LogP contribution < -0.4 is 0 Å². The number of oxazole rings is 1. The third-order valence-corrected chi connectivity index (χ3v) is 3.37. The van der Waals surface area contributed by atoms with Crippen molar-refractivity contribution in [3.63, 3.8) is 0 Å². The van der Waals surface area contributed by atoms with E-state index in [1.165, 1.54) is 0 Å². The number of thioether (sulfide) groups is 1. The molecule has 2 heterocycles. The van der Waals surface area contributed by atoms with Crippen LogP contribution in [0.2, 0.25) is 0 Å². The van der Waals surface area contributed by atoms with Crippen molar-refractivity contribution in [2.75, 3.05) is 0 Å². The molecule has 3 rings (SSSR count). The monoisotopic (exact) mass is 249 g/mol. The van der Waals surface area contributed by atoms with Crippen LogP contribution >= 0.6 is 11.8 Å². The van der Waals surface area contributed by atoms with Crippen LogP contribution in [0.25, 0.3) is 11.1 Å². The van der Waals surface area contributed by atoms with E-state index in [4.69, 9.17) is 4.42 Å². The fraction of sp³-hybridized carbons (Fsp3) is 0.182. The van der Waals surface area contributed by atoms with Gasteiger partial charge in [-0.25, -0.2) is 4.98 Å². The van der Waals surface area contributed by atoms with Crippen LogP contribution in [0.5, 0.6) is 0 Å². The lowest BCUT2D eigenvalue weighted by Gasteiger charge is -1.97. The minimum atomic E-state index is -0.546. The molecule has 6 heteroatoms. The van der Waals surface area contributed by atoms with E-state index in [2.05, 4.69) is 9.72 Å². The van der Waals surface area contributed by atoms with E-state index in [-0.39, 0.29) is 6.42 Å². The number of esters is 2. The zero-order chi connectivity index (χ0) is 11.8. The Balaban J connectivity index is 1.85. The molecule has 1 saturated heterocycles. The fourth-order valence-electron chi connectivity index (χ4n) is 1.57. The highest BCUT2D eigenvalue weighted by atomic mass is 32.2. The molecule has 1 aromatic heterocycles. The smallest absolute Gasteiger partial charge is 0.327 e. The van der Waals surface area contributed by atoms with E-state index in [0.717, 1.165) is 17.3 Å². The topological polar surface area (TPSA) is 69.4 Å². The van der Waals surface area contributed by atoms with Gasteiger partial charge >= 0.3 is 11.9 Å². The molecule has 1 atom stereocenters. The Kier molecular flexibility index (Phi) is 2.36. The van der Waals surface area contributed by atoms with Crippen LogP contribution in [-0.4, -0.2) is 22.2 Å². The number of hydrogen-bond donors (Lipinski definition) is 0. The van der Waals surface area contributed by atoms with Crippen molar-refractivity contribution in [1.82, 2.24) is 4.98 Å². The summed E-state index contributed by atoms with van der Waals surface area (Å²) in [6, 6.07) is 7.31. The van der Waals surface area contributed by atoms with Gasteiger partial charge in [-0.05, 0) is 12.1 Å². The van der Waals surface area contributed by atoms with Crippen LogP contribution in [0.1, 0.15) is 6.42 Å². The Morgan fingerprint density at radius 3 is 2.82 bits per heavy atom. The highest BCUT2D eigenvalue weighted by Gasteiger charge is 2.35. The predicted molar refractivity (Wildman–Crippen MR) is 59.4 cm³/mol. The SMILES string of the molecule is O=C1CC(Sc2nc3ccccc3o2)C(=O)O1. The lowest BCUT2D eigenvalue weighted by molar-refractivity contribution is -0.151. The highest BCUT2D eigenvalue weighted by molar-refractivity contribution is 8.00. The van der Waals surface area contributed by atoms with Gasteiger partial charge in [-0.15, -0.1) is 0 Å². The van der Waals surface area contributed by atoms with Crippen LogP contribution in [-0.2, 0) is 14.3 Å². The van der Waals surface area contributed by atoms with Crippen molar-refractivity contribution in [2.45, 2.75) is 16.9 Å². The molecule has 1 fully saturated rings. The number of fused-ring (bicyclic) bond motifs is 1. The molecule has 0 radical (unpaired) electrons. The van der Waals surface area contributed by atoms with Gasteiger partial charge in [0.05, 0.1) is 6.42 Å². The number of hydrogen-bond acceptors (Lipinski definition) is 6. The number of para-hydroxylation sites is 2. The average Bonchev–Trinajstić information content (AvgIpc) is 2.82. The van der Waals surface area contributed by atoms with Gasteiger partial charge < -0.3 is 9.15 Å². The summed E-state index contributed by atoms with van der Waals surface area (Å²) in [6.07, 6.45) is 0.0717. The van der Waals surface area contributed by atoms with Gasteiger partial charge in [-0.3, -0.25) is 9.59 Å². The normalized spacial score (nSPS) is 19.9. The van der Waals surface area contributed by atoms with Gasteiger partial charge in [0.15, 0.2) is 5.58 Å². The number of cyclic esters (lactones) is 2. The van der Waals surface area contributed by atoms with E-state index in [1.54, 1.807) is 6.07 Å². The van der Waals surface area contributed by atoms with Crippen molar-refractivity contribution in [3.8, 4) is 0 Å². The minimum absolute atomic E-state index is 0.0717. The Hall–Kier alpha value is -1.82. The molecule has 1 aliphatic heterocycles. The van der Waals surface area contributed by atoms with Gasteiger partial charge in [-0.2, -0.15) is 0 Å². The summed E-state index contributed by atoms with van der Waals surface area (Å²) in [5, 5.41) is -0.168. The minimum Gasteiger partial charge on any atom is -0.431 e. The molecule has 1 aliphatic rings. The van der Waals surface area contributed by atoms with Gasteiger partial charge in [0, 0.05) is 0 Å². The Morgan fingerprint density at radius 1 is 1.29 bits per heavy atom. The van der Waals surface area contributed by atoms with Crippen molar-refractivity contribution in [2.24, 2.45) is 0 Å². The lowest BCUT2D eigenvalue weighted by Crippen LogP contribution is -2.09. The lowest BCUT2D eigenvalue weighted by atomic mass is 10.3. The maximum atomic E-state index is 11.3. The van der Waals surface area contributed by atoms with Crippen LogP contribution in [0, 0.1) is 0 Å². The first-order chi connectivity index (χ1) is 8.22. The van der Waals surface area contributed by atoms with Crippen molar-refractivity contribution < 1.29 is 18.7 Å². The molecular formula is C11H7NO4S. The van der Waals surface area contributed by atoms with Crippen LogP contribution in [0.15, 0.2) is 33.9 Å². The first kappa shape index (κ1) is 10.3. The molecule has 1 aromatic carbocycles. The number of nitrogens with zero attached hydrogens (tertiary/aromatic N) is 1. The predicted octanol–water partition coefficient (Wildman–Crippen LogP) is 1.76. The maximum absolute atomic E-state index is 11.3. The van der Waals surface area contributed by atoms with E-state index >= 15 is 0 Å². The first-order valence-corrected chi connectivity index (χ1v) is 5.87. The van der Waals surface area contributed by atoms with Gasteiger partial charge in [0.1, 0.15) is 10.8 Å². The molecule has 0 amide bonds. The van der Waals surface area contributed by atoms with Crippen LogP contribution in [0.4, 0.5) is 0 Å². The first-order valence-electron chi connectivity index (χ1n) is 4.99. The molecule has 2 aromatic rings. The van der Waals surface area contributed by atoms with Gasteiger partial charge in [0.2, 0.25) is 0 Å². The molecule has 0 aliphatic carbocycles. The average molecular weight is 249 g/mol. The van der Waals surface area contributed by atoms with Crippen molar-refractivity contribution >= 4 is 34.8 Å². The second kappa shape index (κ2) is 3.89. The Bertz CT molecular complexity index is 573. The number of carbonyl (C=O) groups is 2. The summed E-state index contributed by atoms with van der Waals surface area (Å²) >= 11 is 1.12. The second-order valence-electron chi connectivity index (χ2n) is 3.55. The van der Waals surface area contributed by atoms with E-state index < -0.39 is 17.2 Å². The second-order valence-corrected chi connectivity index (χ2v) is 4.71. The zero-order valence-corrected chi connectivity index (χ0v) is 9.40. The van der Waals surface area contributed by atoms with Gasteiger partial charge in [-0.1, -0.05) is 23.9 Å². The Morgan fingerprint density at radius 2 is 2.12 bits per heavy atom. The summed E-state index contributed by atoms with van der Waals surface area (Å²) < 4.78 is 9.90. The number of benzene rings is 1. The largest absolute Gasteiger partial charge is 0.431 e. The molecule has 5 nitrogen and oxygen atoms in total. The van der Waals surface area contributed by atoms with Crippen LogP contribution in [0.3, 0.4) is 0 Å². The summed E-state index contributed by atoms with van der Waals surface area (Å²) in [6.45, 7) is 0. The summed E-state index contributed by atoms with van der Waals surface area (Å²) in [7, 11) is 0. The van der Waals surface area contributed by atoms with E-state index in [1.807, 2.05) is 18.2 Å². The zero-order valence-electron chi connectivity index (χ0n) is 8.58. The molecular weight excluding hydrogens is 242 g/mol. The summed E-state index contributed by atoms with van der Waals surface area (Å²) in [4.78, 5) is 26.4. The molecule has 0 saturated carbocycles. The third kappa shape index (κ3) is 1.91. The van der Waals surface area contributed by atoms with Gasteiger partial charge in [0.25, 0.3) is 5.22 Å².